The number of methoxy groups -OCH3 is 1. The monoisotopic (exact) mass is 1040 g/mol. The van der Waals surface area contributed by atoms with E-state index in [1.165, 1.54) is 24.8 Å². The molecule has 29 aromatic rings. The molecule has 0 bridgehead atoms. The molecule has 0 radical (unpaired) electrons. The van der Waals surface area contributed by atoms with Crippen LogP contribution in [-0.4, -0.2) is 19.7 Å². The van der Waals surface area contributed by atoms with Crippen LogP contribution < -0.4 is 4.74 Å². The van der Waals surface area contributed by atoms with E-state index in [4.69, 9.17) is 9.47 Å². The van der Waals surface area contributed by atoms with Gasteiger partial charge in [0.2, 0.25) is 0 Å². The molecule has 1 saturated carbocycles. The Hall–Kier alpha value is -9.05. The van der Waals surface area contributed by atoms with E-state index in [9.17, 15) is 4.79 Å². The zero-order chi connectivity index (χ0) is 51.2. The maximum Gasteiger partial charge on any atom is 0.305 e. The van der Waals surface area contributed by atoms with E-state index in [0.29, 0.717) is 12.3 Å². The summed E-state index contributed by atoms with van der Waals surface area (Å²) < 4.78 is 12.6. The predicted molar refractivity (Wildman–Crippen MR) is 347 cm³/mol. The van der Waals surface area contributed by atoms with Gasteiger partial charge in [0.15, 0.2) is 0 Å². The zero-order valence-corrected chi connectivity index (χ0v) is 44.8. The summed E-state index contributed by atoms with van der Waals surface area (Å²) in [5.41, 5.74) is 7.03. The molecule has 1 atom stereocenters. The fourth-order valence-corrected chi connectivity index (χ4v) is 28.2. The summed E-state index contributed by atoms with van der Waals surface area (Å²) in [7, 11) is 1.60. The standard InChI is InChI=1S/C80H30O3/c1-4-6-8-16(5-2)15-83-18-12-10-17(11-13-18)78(14-7-9-19(81)82-3)79-74-66-58-48-38-30-22-20-21-24-28-26(22)34-42-36(28)46-40-32(24)33-25(21)29-27-23(20)31(30)39-45-35(27)43-37(29)47-41(33)51-50(40)60-54(46)64-56(42)62(52(58)44(34)38)70(74)72(64)76-68(60)69-61(51)55(47)65-57(43)63-53(45)59(49(39)48)67(66)75(79)71(63)73(65)77(69)80(76,78)79/h10-13,16H,4-9,14-15H2,1-3H3. The number of carbonyl (C=O) groups excluding carboxylic acids is 1. The summed E-state index contributed by atoms with van der Waals surface area (Å²) in [6, 6.07) is 9.92. The van der Waals surface area contributed by atoms with Gasteiger partial charge in [0, 0.05) is 22.7 Å². The van der Waals surface area contributed by atoms with Crippen molar-refractivity contribution in [1.29, 1.82) is 0 Å². The molecule has 1 fully saturated rings. The Kier molecular flexibility index (Phi) is 3.65. The normalized spacial score (nSPS) is 22.7. The Morgan fingerprint density at radius 1 is 0.361 bits per heavy atom. The minimum Gasteiger partial charge on any atom is -0.493 e. The zero-order valence-electron chi connectivity index (χ0n) is 44.8. The van der Waals surface area contributed by atoms with Crippen LogP contribution in [0.2, 0.25) is 0 Å². The quantitative estimate of drug-likeness (QED) is 0.0904. The van der Waals surface area contributed by atoms with Gasteiger partial charge in [-0.05, 0) is 356 Å². The van der Waals surface area contributed by atoms with Crippen molar-refractivity contribution in [3.8, 4) is 5.75 Å². The molecule has 1 unspecified atom stereocenters. The molecular weight excluding hydrogens is 1010 g/mol. The molecule has 0 saturated heterocycles. The van der Waals surface area contributed by atoms with Crippen molar-refractivity contribution in [2.24, 2.45) is 5.92 Å². The number of benzene rings is 19. The van der Waals surface area contributed by atoms with Crippen molar-refractivity contribution in [3.63, 3.8) is 0 Å². The molecule has 0 amide bonds. The molecule has 83 heavy (non-hydrogen) atoms. The molecule has 2 spiro atoms. The van der Waals surface area contributed by atoms with Crippen LogP contribution in [0.5, 0.6) is 5.75 Å². The smallest absolute Gasteiger partial charge is 0.305 e. The van der Waals surface area contributed by atoms with Gasteiger partial charge in [-0.1, -0.05) is 45.2 Å². The second kappa shape index (κ2) is 8.65. The second-order valence-electron chi connectivity index (χ2n) is 29.8. The van der Waals surface area contributed by atoms with E-state index in [-0.39, 0.29) is 5.97 Å². The first-order valence-corrected chi connectivity index (χ1v) is 31.7. The van der Waals surface area contributed by atoms with Crippen molar-refractivity contribution in [2.45, 2.75) is 75.0 Å². The van der Waals surface area contributed by atoms with Crippen LogP contribution in [0.1, 0.15) is 86.6 Å². The van der Waals surface area contributed by atoms with Crippen LogP contribution in [0.15, 0.2) is 24.3 Å². The average Bonchev–Trinajstić information content (AvgIpc) is 1.37. The summed E-state index contributed by atoms with van der Waals surface area (Å²) in [6.07, 6.45) is 6.90. The first kappa shape index (κ1) is 35.1. The van der Waals surface area contributed by atoms with Crippen LogP contribution in [-0.2, 0) is 25.8 Å². The molecular formula is C80H30O3. The molecule has 0 aliphatic heterocycles. The lowest BCUT2D eigenvalue weighted by Gasteiger charge is -2.32. The van der Waals surface area contributed by atoms with Crippen LogP contribution in [0.25, 0.3) is 291 Å². The Morgan fingerprint density at radius 2 is 0.614 bits per heavy atom. The molecule has 0 heterocycles. The summed E-state index contributed by atoms with van der Waals surface area (Å²) >= 11 is 0. The first-order valence-electron chi connectivity index (χ1n) is 31.7. The van der Waals surface area contributed by atoms with Gasteiger partial charge in [-0.15, -0.1) is 0 Å². The SMILES string of the molecule is CCCCC(CC)COc1ccc(C2(CCCC(=O)OC)C34c5c6c7c8c9c%10c(c%11c%12c3c3c5c5c%13c6c6c7c7c9c9c%14c%10c%10c%11c%11c%12c%12c3c3c5c5c%13c%13c6c6c7c9c7c9c%14c%10c%10c%11c%11c%12c3c3c5c5c%13c6c7c6c9c%10c%11c3c56)C824)cc1. The topological polar surface area (TPSA) is 35.5 Å². The molecule has 5 aliphatic rings. The lowest BCUT2D eigenvalue weighted by atomic mass is 9.68. The predicted octanol–water partition coefficient (Wildman–Crippen LogP) is 21.2. The van der Waals surface area contributed by atoms with Gasteiger partial charge < -0.3 is 9.47 Å². The van der Waals surface area contributed by atoms with Crippen molar-refractivity contribution >= 4 is 297 Å². The van der Waals surface area contributed by atoms with Crippen LogP contribution in [0.4, 0.5) is 0 Å². The number of hydrogen-bond donors (Lipinski definition) is 0. The fourth-order valence-electron chi connectivity index (χ4n) is 28.2. The van der Waals surface area contributed by atoms with E-state index in [0.717, 1.165) is 31.6 Å². The molecule has 34 rings (SSSR count). The van der Waals surface area contributed by atoms with Gasteiger partial charge in [0.1, 0.15) is 5.75 Å². The van der Waals surface area contributed by atoms with Crippen molar-refractivity contribution in [1.82, 2.24) is 0 Å². The minimum atomic E-state index is -0.413. The van der Waals surface area contributed by atoms with E-state index in [2.05, 4.69) is 38.1 Å². The lowest BCUT2D eigenvalue weighted by Crippen LogP contribution is -2.27. The van der Waals surface area contributed by atoms with Gasteiger partial charge >= 0.3 is 5.97 Å². The average molecular weight is 1040 g/mol. The Morgan fingerprint density at radius 3 is 0.843 bits per heavy atom. The Bertz CT molecular complexity index is 7210. The van der Waals surface area contributed by atoms with Gasteiger partial charge in [-0.3, -0.25) is 4.79 Å². The summed E-state index contributed by atoms with van der Waals surface area (Å²) in [5, 5.41) is 88.0. The summed E-state index contributed by atoms with van der Waals surface area (Å²) in [5.74, 6) is 1.45. The van der Waals surface area contributed by atoms with Gasteiger partial charge in [0.05, 0.1) is 13.7 Å². The summed E-state index contributed by atoms with van der Waals surface area (Å²) in [4.78, 5) is 13.9. The number of unbranched alkanes of at least 4 members (excludes halogenated alkanes) is 1. The van der Waals surface area contributed by atoms with Gasteiger partial charge in [-0.2, -0.15) is 0 Å². The molecule has 0 aromatic heterocycles. The maximum atomic E-state index is 13.9. The highest BCUT2D eigenvalue weighted by molar-refractivity contribution is 6.82. The van der Waals surface area contributed by atoms with Gasteiger partial charge in [0.25, 0.3) is 0 Å². The van der Waals surface area contributed by atoms with E-state index >= 15 is 0 Å². The van der Waals surface area contributed by atoms with Crippen LogP contribution in [0.3, 0.4) is 0 Å². The molecule has 3 nitrogen and oxygen atoms in total. The van der Waals surface area contributed by atoms with Crippen molar-refractivity contribution in [2.75, 3.05) is 13.7 Å². The number of esters is 1. The van der Waals surface area contributed by atoms with Crippen molar-refractivity contribution in [3.05, 3.63) is 52.1 Å². The molecule has 3 heteroatoms. The highest BCUT2D eigenvalue weighted by atomic mass is 16.5. The molecule has 29 aromatic carbocycles. The highest BCUT2D eigenvalue weighted by Gasteiger charge is 2.94. The van der Waals surface area contributed by atoms with Gasteiger partial charge in [-0.25, -0.2) is 0 Å². The Balaban J connectivity index is 0.950. The largest absolute Gasteiger partial charge is 0.493 e. The van der Waals surface area contributed by atoms with E-state index in [1.807, 2.05) is 0 Å². The first-order chi connectivity index (χ1) is 41.2. The number of carbonyl (C=O) groups is 1. The highest BCUT2D eigenvalue weighted by Crippen LogP contribution is 2.97. The third kappa shape index (κ3) is 2.12. The van der Waals surface area contributed by atoms with Crippen molar-refractivity contribution < 1.29 is 14.3 Å². The van der Waals surface area contributed by atoms with E-state index in [1.54, 1.807) is 320 Å². The fraction of sp³-hybridized carbons (Fsp3) is 0.188. The van der Waals surface area contributed by atoms with E-state index < -0.39 is 16.2 Å². The number of rotatable bonds is 12. The minimum absolute atomic E-state index is 0.0897. The maximum absolute atomic E-state index is 13.9. The second-order valence-corrected chi connectivity index (χ2v) is 29.8. The number of hydrogen-bond acceptors (Lipinski definition) is 3. The molecule has 5 aliphatic carbocycles. The van der Waals surface area contributed by atoms with Crippen LogP contribution in [0, 0.1) is 5.92 Å². The lowest BCUT2D eigenvalue weighted by molar-refractivity contribution is -0.140. The Labute approximate surface area is 461 Å². The number of ether oxygens (including phenoxy) is 2. The third-order valence-corrected chi connectivity index (χ3v) is 29.1. The molecule has 0 N–H and O–H groups in total. The third-order valence-electron chi connectivity index (χ3n) is 29.1. The summed E-state index contributed by atoms with van der Waals surface area (Å²) in [6.45, 7) is 5.41. The molecule has 368 valence electrons. The van der Waals surface area contributed by atoms with Crippen LogP contribution >= 0.6 is 0 Å².